The first-order chi connectivity index (χ1) is 13.7. The van der Waals surface area contributed by atoms with Crippen LogP contribution in [0.3, 0.4) is 0 Å². The van der Waals surface area contributed by atoms with Gasteiger partial charge in [-0.05, 0) is 24.3 Å². The summed E-state index contributed by atoms with van der Waals surface area (Å²) in [4.78, 5) is 12.6. The van der Waals surface area contributed by atoms with Crippen molar-refractivity contribution in [2.45, 2.75) is 26.2 Å². The number of rotatable bonds is 4. The molecule has 0 fully saturated rings. The average molecular weight is 433 g/mol. The van der Waals surface area contributed by atoms with E-state index in [-0.39, 0.29) is 10.4 Å². The van der Waals surface area contributed by atoms with Crippen molar-refractivity contribution in [2.24, 2.45) is 0 Å². The van der Waals surface area contributed by atoms with E-state index in [2.05, 4.69) is 31.4 Å². The van der Waals surface area contributed by atoms with Gasteiger partial charge in [-0.1, -0.05) is 56.1 Å². The van der Waals surface area contributed by atoms with Crippen LogP contribution in [0.15, 0.2) is 48.5 Å². The Morgan fingerprint density at radius 2 is 1.79 bits per heavy atom. The van der Waals surface area contributed by atoms with Crippen LogP contribution >= 0.6 is 23.2 Å². The lowest BCUT2D eigenvalue weighted by Crippen LogP contribution is -2.21. The molecule has 0 saturated carbocycles. The number of ether oxygens (including phenoxy) is 1. The highest BCUT2D eigenvalue weighted by Gasteiger charge is 2.22. The lowest BCUT2D eigenvalue weighted by atomic mass is 9.92. The second-order valence-electron chi connectivity index (χ2n) is 7.46. The fourth-order valence-corrected chi connectivity index (χ4v) is 2.99. The number of amides is 2. The third kappa shape index (κ3) is 4.83. The van der Waals surface area contributed by atoms with Crippen LogP contribution in [-0.4, -0.2) is 22.9 Å². The van der Waals surface area contributed by atoms with Crippen LogP contribution in [0.25, 0.3) is 5.69 Å². The van der Waals surface area contributed by atoms with Crippen LogP contribution in [0, 0.1) is 0 Å². The summed E-state index contributed by atoms with van der Waals surface area (Å²) >= 11 is 12.2. The number of benzene rings is 2. The zero-order valence-electron chi connectivity index (χ0n) is 16.6. The minimum Gasteiger partial charge on any atom is -0.497 e. The zero-order valence-corrected chi connectivity index (χ0v) is 18.1. The van der Waals surface area contributed by atoms with Gasteiger partial charge in [0.25, 0.3) is 0 Å². The Morgan fingerprint density at radius 1 is 1.07 bits per heavy atom. The summed E-state index contributed by atoms with van der Waals surface area (Å²) in [7, 11) is 1.60. The van der Waals surface area contributed by atoms with Crippen LogP contribution in [0.4, 0.5) is 16.3 Å². The van der Waals surface area contributed by atoms with E-state index < -0.39 is 6.03 Å². The molecule has 0 aliphatic rings. The fraction of sp³-hybridized carbons (Fsp3) is 0.238. The summed E-state index contributed by atoms with van der Waals surface area (Å²) in [6.07, 6.45) is 0. The summed E-state index contributed by atoms with van der Waals surface area (Å²) in [6.45, 7) is 6.17. The van der Waals surface area contributed by atoms with Gasteiger partial charge in [0.1, 0.15) is 11.6 Å². The molecule has 0 saturated heterocycles. The first-order valence-corrected chi connectivity index (χ1v) is 9.71. The van der Waals surface area contributed by atoms with Crippen molar-refractivity contribution in [3.8, 4) is 11.4 Å². The van der Waals surface area contributed by atoms with E-state index in [1.807, 2.05) is 30.3 Å². The molecule has 1 aromatic heterocycles. The molecule has 6 nitrogen and oxygen atoms in total. The largest absolute Gasteiger partial charge is 0.497 e. The number of carbonyl (C=O) groups is 1. The van der Waals surface area contributed by atoms with Gasteiger partial charge in [0.2, 0.25) is 0 Å². The first kappa shape index (κ1) is 21.0. The highest BCUT2D eigenvalue weighted by atomic mass is 35.5. The molecule has 0 aliphatic carbocycles. The maximum absolute atomic E-state index is 12.6. The molecule has 1 heterocycles. The SMILES string of the molecule is COc1cccc(-n2nc(C(C)(C)C)cc2NC(=O)Nc2cccc(Cl)c2Cl)c1. The Morgan fingerprint density at radius 3 is 2.48 bits per heavy atom. The van der Waals surface area contributed by atoms with Crippen LogP contribution < -0.4 is 15.4 Å². The number of nitrogens with zero attached hydrogens (tertiary/aromatic N) is 2. The van der Waals surface area contributed by atoms with E-state index in [9.17, 15) is 4.79 Å². The molecule has 29 heavy (non-hydrogen) atoms. The number of aromatic nitrogens is 2. The average Bonchev–Trinajstić information content (AvgIpc) is 3.09. The lowest BCUT2D eigenvalue weighted by Gasteiger charge is -2.14. The van der Waals surface area contributed by atoms with Crippen molar-refractivity contribution >= 4 is 40.7 Å². The van der Waals surface area contributed by atoms with E-state index in [4.69, 9.17) is 33.0 Å². The predicted molar refractivity (Wildman–Crippen MR) is 118 cm³/mol. The molecule has 8 heteroatoms. The maximum Gasteiger partial charge on any atom is 0.324 e. The molecule has 0 unspecified atom stereocenters. The zero-order chi connectivity index (χ0) is 21.2. The number of carbonyl (C=O) groups excluding carboxylic acids is 1. The quantitative estimate of drug-likeness (QED) is 0.520. The van der Waals surface area contributed by atoms with Gasteiger partial charge in [-0.2, -0.15) is 5.10 Å². The van der Waals surface area contributed by atoms with Crippen molar-refractivity contribution in [1.82, 2.24) is 9.78 Å². The number of hydrogen-bond donors (Lipinski definition) is 2. The second-order valence-corrected chi connectivity index (χ2v) is 8.24. The van der Waals surface area contributed by atoms with E-state index in [1.165, 1.54) is 0 Å². The molecule has 2 amide bonds. The minimum absolute atomic E-state index is 0.201. The van der Waals surface area contributed by atoms with Crippen molar-refractivity contribution in [2.75, 3.05) is 17.7 Å². The Labute approximate surface area is 179 Å². The Bertz CT molecular complexity index is 1040. The van der Waals surface area contributed by atoms with E-state index >= 15 is 0 Å². The summed E-state index contributed by atoms with van der Waals surface area (Å²) in [6, 6.07) is 13.9. The Kier molecular flexibility index (Phi) is 6.05. The number of hydrogen-bond acceptors (Lipinski definition) is 3. The van der Waals surface area contributed by atoms with Crippen LogP contribution in [0.1, 0.15) is 26.5 Å². The fourth-order valence-electron chi connectivity index (χ4n) is 2.65. The van der Waals surface area contributed by atoms with Crippen molar-refractivity contribution in [3.05, 3.63) is 64.3 Å². The molecule has 3 aromatic rings. The Hall–Kier alpha value is -2.70. The number of methoxy groups -OCH3 is 1. The van der Waals surface area contributed by atoms with Gasteiger partial charge < -0.3 is 10.1 Å². The lowest BCUT2D eigenvalue weighted by molar-refractivity contribution is 0.262. The molecule has 0 bridgehead atoms. The normalized spacial score (nSPS) is 11.2. The smallest absolute Gasteiger partial charge is 0.324 e. The molecular weight excluding hydrogens is 411 g/mol. The van der Waals surface area contributed by atoms with Gasteiger partial charge in [0, 0.05) is 17.5 Å². The highest BCUT2D eigenvalue weighted by molar-refractivity contribution is 6.44. The molecule has 2 N–H and O–H groups in total. The maximum atomic E-state index is 12.6. The molecule has 152 valence electrons. The van der Waals surface area contributed by atoms with Gasteiger partial charge in [0.05, 0.1) is 34.2 Å². The summed E-state index contributed by atoms with van der Waals surface area (Å²) < 4.78 is 6.98. The van der Waals surface area contributed by atoms with Crippen molar-refractivity contribution in [1.29, 1.82) is 0 Å². The third-order valence-corrected chi connectivity index (χ3v) is 5.04. The predicted octanol–water partition coefficient (Wildman–Crippen LogP) is 6.13. The number of anilines is 2. The number of urea groups is 1. The topological polar surface area (TPSA) is 68.2 Å². The highest BCUT2D eigenvalue weighted by Crippen LogP contribution is 2.30. The van der Waals surface area contributed by atoms with Gasteiger partial charge in [0.15, 0.2) is 0 Å². The molecule has 0 radical (unpaired) electrons. The molecule has 0 spiro atoms. The van der Waals surface area contributed by atoms with E-state index in [1.54, 1.807) is 30.0 Å². The monoisotopic (exact) mass is 432 g/mol. The van der Waals surface area contributed by atoms with Crippen LogP contribution in [0.5, 0.6) is 5.75 Å². The standard InChI is InChI=1S/C21H22Cl2N4O2/c1-21(2,3)17-12-18(27(26-17)13-7-5-8-14(11-13)29-4)25-20(28)24-16-10-6-9-15(22)19(16)23/h5-12H,1-4H3,(H2,24,25,28). The van der Waals surface area contributed by atoms with Crippen molar-refractivity contribution in [3.63, 3.8) is 0 Å². The second kappa shape index (κ2) is 8.35. The molecule has 2 aromatic carbocycles. The van der Waals surface area contributed by atoms with Crippen LogP contribution in [-0.2, 0) is 5.41 Å². The summed E-state index contributed by atoms with van der Waals surface area (Å²) in [5, 5.41) is 10.9. The molecular formula is C21H22Cl2N4O2. The minimum atomic E-state index is -0.460. The van der Waals surface area contributed by atoms with Crippen LogP contribution in [0.2, 0.25) is 10.0 Å². The third-order valence-electron chi connectivity index (χ3n) is 4.22. The van der Waals surface area contributed by atoms with E-state index in [0.29, 0.717) is 22.3 Å². The van der Waals surface area contributed by atoms with E-state index in [0.717, 1.165) is 11.4 Å². The van der Waals surface area contributed by atoms with Crippen molar-refractivity contribution < 1.29 is 9.53 Å². The summed E-state index contributed by atoms with van der Waals surface area (Å²) in [5.41, 5.74) is 1.81. The number of halogens is 2. The van der Waals surface area contributed by atoms with Gasteiger partial charge in [-0.15, -0.1) is 0 Å². The summed E-state index contributed by atoms with van der Waals surface area (Å²) in [5.74, 6) is 1.20. The molecule has 0 aliphatic heterocycles. The van der Waals surface area contributed by atoms with Gasteiger partial charge >= 0.3 is 6.03 Å². The van der Waals surface area contributed by atoms with Gasteiger partial charge in [-0.3, -0.25) is 5.32 Å². The Balaban J connectivity index is 1.94. The van der Waals surface area contributed by atoms with Gasteiger partial charge in [-0.25, -0.2) is 9.48 Å². The molecule has 3 rings (SSSR count). The first-order valence-electron chi connectivity index (χ1n) is 8.96. The molecule has 0 atom stereocenters. The number of nitrogens with one attached hydrogen (secondary N) is 2.